The van der Waals surface area contributed by atoms with E-state index in [1.807, 2.05) is 12.1 Å². The molecule has 5 heteroatoms. The van der Waals surface area contributed by atoms with E-state index in [2.05, 4.69) is 47.4 Å². The summed E-state index contributed by atoms with van der Waals surface area (Å²) in [5.41, 5.74) is 4.57. The van der Waals surface area contributed by atoms with Crippen LogP contribution in [0.15, 0.2) is 30.5 Å². The molecule has 0 saturated heterocycles. The number of unbranched alkanes of at least 4 members (excludes halogenated alkanes) is 3. The first kappa shape index (κ1) is 21.6. The molecule has 1 aromatic heterocycles. The van der Waals surface area contributed by atoms with E-state index in [0.29, 0.717) is 6.61 Å². The van der Waals surface area contributed by atoms with Gasteiger partial charge in [-0.3, -0.25) is 9.69 Å². The third-order valence-corrected chi connectivity index (χ3v) is 5.56. The standard InChI is InChI=1S/C24H35N3O2/c1-3-5-7-12-27-13-10-19(11-14-27)22-17-25-23-9-8-20(16-21(22)23)26-24(28)18-29-15-6-4-2/h8-10,16-17,25H,3-7,11-15,18H2,1-2H3,(H,26,28). The van der Waals surface area contributed by atoms with Gasteiger partial charge in [0, 0.05) is 48.0 Å². The van der Waals surface area contributed by atoms with E-state index in [9.17, 15) is 4.79 Å². The number of nitrogens with one attached hydrogen (secondary N) is 2. The minimum Gasteiger partial charge on any atom is -0.372 e. The Morgan fingerprint density at radius 1 is 1.21 bits per heavy atom. The summed E-state index contributed by atoms with van der Waals surface area (Å²) in [6.45, 7) is 8.44. The lowest BCUT2D eigenvalue weighted by Crippen LogP contribution is -2.29. The zero-order valence-electron chi connectivity index (χ0n) is 17.9. The summed E-state index contributed by atoms with van der Waals surface area (Å²) in [5, 5.41) is 4.13. The van der Waals surface area contributed by atoms with Crippen LogP contribution in [0, 0.1) is 0 Å². The summed E-state index contributed by atoms with van der Waals surface area (Å²) < 4.78 is 5.41. The van der Waals surface area contributed by atoms with Gasteiger partial charge in [0.1, 0.15) is 6.61 Å². The summed E-state index contributed by atoms with van der Waals surface area (Å²) in [5.74, 6) is -0.0999. The van der Waals surface area contributed by atoms with Gasteiger partial charge < -0.3 is 15.0 Å². The van der Waals surface area contributed by atoms with Gasteiger partial charge in [0.15, 0.2) is 0 Å². The van der Waals surface area contributed by atoms with E-state index in [0.717, 1.165) is 43.6 Å². The van der Waals surface area contributed by atoms with Crippen LogP contribution in [0.4, 0.5) is 5.69 Å². The number of carbonyl (C=O) groups is 1. The number of carbonyl (C=O) groups excluding carboxylic acids is 1. The third-order valence-electron chi connectivity index (χ3n) is 5.56. The zero-order valence-corrected chi connectivity index (χ0v) is 17.9. The minimum absolute atomic E-state index is 0.0999. The van der Waals surface area contributed by atoms with Crippen molar-refractivity contribution in [3.05, 3.63) is 36.0 Å². The van der Waals surface area contributed by atoms with Gasteiger partial charge in [-0.05, 0) is 49.6 Å². The molecule has 5 nitrogen and oxygen atoms in total. The Bertz CT molecular complexity index is 825. The van der Waals surface area contributed by atoms with Gasteiger partial charge in [-0.1, -0.05) is 39.2 Å². The third kappa shape index (κ3) is 6.18. The molecular weight excluding hydrogens is 362 g/mol. The van der Waals surface area contributed by atoms with Crippen LogP contribution in [0.2, 0.25) is 0 Å². The second kappa shape index (κ2) is 11.2. The Morgan fingerprint density at radius 3 is 2.83 bits per heavy atom. The molecule has 3 rings (SSSR count). The summed E-state index contributed by atoms with van der Waals surface area (Å²) in [6, 6.07) is 6.05. The van der Waals surface area contributed by atoms with Crippen LogP contribution in [-0.2, 0) is 9.53 Å². The molecule has 29 heavy (non-hydrogen) atoms. The fourth-order valence-corrected chi connectivity index (χ4v) is 3.82. The number of aromatic nitrogens is 1. The van der Waals surface area contributed by atoms with Crippen molar-refractivity contribution in [3.8, 4) is 0 Å². The molecule has 0 fully saturated rings. The second-order valence-electron chi connectivity index (χ2n) is 7.90. The molecule has 1 aliphatic heterocycles. The maximum absolute atomic E-state index is 12.1. The van der Waals surface area contributed by atoms with Crippen LogP contribution in [0.1, 0.15) is 57.9 Å². The molecule has 0 bridgehead atoms. The van der Waals surface area contributed by atoms with E-state index < -0.39 is 0 Å². The Morgan fingerprint density at radius 2 is 2.07 bits per heavy atom. The molecular formula is C24H35N3O2. The first-order chi connectivity index (χ1) is 14.2. The lowest BCUT2D eigenvalue weighted by atomic mass is 9.98. The summed E-state index contributed by atoms with van der Waals surface area (Å²) in [6.07, 6.45) is 11.5. The molecule has 2 aromatic rings. The average molecular weight is 398 g/mol. The van der Waals surface area contributed by atoms with Gasteiger partial charge in [-0.25, -0.2) is 0 Å². The van der Waals surface area contributed by atoms with Gasteiger partial charge in [0.05, 0.1) is 0 Å². The molecule has 1 amide bonds. The number of rotatable bonds is 11. The van der Waals surface area contributed by atoms with Crippen molar-refractivity contribution < 1.29 is 9.53 Å². The first-order valence-electron chi connectivity index (χ1n) is 11.1. The van der Waals surface area contributed by atoms with Crippen molar-refractivity contribution >= 4 is 28.1 Å². The summed E-state index contributed by atoms with van der Waals surface area (Å²) >= 11 is 0. The van der Waals surface area contributed by atoms with Crippen LogP contribution in [-0.4, -0.2) is 48.6 Å². The number of benzene rings is 1. The number of anilines is 1. The summed E-state index contributed by atoms with van der Waals surface area (Å²) in [7, 11) is 0. The Balaban J connectivity index is 1.63. The molecule has 0 atom stereocenters. The van der Waals surface area contributed by atoms with Crippen LogP contribution < -0.4 is 5.32 Å². The maximum Gasteiger partial charge on any atom is 0.250 e. The Kier molecular flexibility index (Phi) is 8.32. The number of nitrogens with zero attached hydrogens (tertiary/aromatic N) is 1. The average Bonchev–Trinajstić information content (AvgIpc) is 3.15. The lowest BCUT2D eigenvalue weighted by molar-refractivity contribution is -0.120. The Labute approximate surface area is 174 Å². The number of amides is 1. The number of hydrogen-bond donors (Lipinski definition) is 2. The predicted octanol–water partition coefficient (Wildman–Crippen LogP) is 5.20. The number of H-pyrrole nitrogens is 1. The highest BCUT2D eigenvalue weighted by Crippen LogP contribution is 2.31. The number of aromatic amines is 1. The van der Waals surface area contributed by atoms with Crippen LogP contribution in [0.25, 0.3) is 16.5 Å². The van der Waals surface area contributed by atoms with Gasteiger partial charge >= 0.3 is 0 Å². The smallest absolute Gasteiger partial charge is 0.250 e. The molecule has 1 aromatic carbocycles. The van der Waals surface area contributed by atoms with Crippen LogP contribution >= 0.6 is 0 Å². The Hall–Kier alpha value is -2.11. The van der Waals surface area contributed by atoms with E-state index in [4.69, 9.17) is 4.74 Å². The highest BCUT2D eigenvalue weighted by atomic mass is 16.5. The van der Waals surface area contributed by atoms with E-state index in [1.54, 1.807) is 0 Å². The fourth-order valence-electron chi connectivity index (χ4n) is 3.82. The molecule has 0 spiro atoms. The first-order valence-corrected chi connectivity index (χ1v) is 11.1. The van der Waals surface area contributed by atoms with Crippen molar-refractivity contribution in [1.29, 1.82) is 0 Å². The van der Waals surface area contributed by atoms with Crippen molar-refractivity contribution in [3.63, 3.8) is 0 Å². The van der Waals surface area contributed by atoms with Crippen LogP contribution in [0.3, 0.4) is 0 Å². The molecule has 2 heterocycles. The van der Waals surface area contributed by atoms with E-state index >= 15 is 0 Å². The molecule has 0 aliphatic carbocycles. The van der Waals surface area contributed by atoms with Crippen molar-refractivity contribution in [2.24, 2.45) is 0 Å². The number of hydrogen-bond acceptors (Lipinski definition) is 3. The highest BCUT2D eigenvalue weighted by molar-refractivity contribution is 5.98. The maximum atomic E-state index is 12.1. The summed E-state index contributed by atoms with van der Waals surface area (Å²) in [4.78, 5) is 18.0. The van der Waals surface area contributed by atoms with E-state index in [-0.39, 0.29) is 12.5 Å². The molecule has 0 unspecified atom stereocenters. The molecule has 0 saturated carbocycles. The molecule has 2 N–H and O–H groups in total. The van der Waals surface area contributed by atoms with Crippen molar-refractivity contribution in [2.75, 3.05) is 38.2 Å². The SMILES string of the molecule is CCCCCN1CC=C(c2c[nH]c3ccc(NC(=O)COCCCC)cc23)CC1. The molecule has 1 aliphatic rings. The number of ether oxygens (including phenoxy) is 1. The highest BCUT2D eigenvalue weighted by Gasteiger charge is 2.16. The lowest BCUT2D eigenvalue weighted by Gasteiger charge is -2.26. The molecule has 158 valence electrons. The largest absolute Gasteiger partial charge is 0.372 e. The van der Waals surface area contributed by atoms with Gasteiger partial charge in [0.25, 0.3) is 0 Å². The van der Waals surface area contributed by atoms with Crippen molar-refractivity contribution in [2.45, 2.75) is 52.4 Å². The van der Waals surface area contributed by atoms with Crippen LogP contribution in [0.5, 0.6) is 0 Å². The van der Waals surface area contributed by atoms with Gasteiger partial charge in [-0.2, -0.15) is 0 Å². The fraction of sp³-hybridized carbons (Fsp3) is 0.542. The minimum atomic E-state index is -0.0999. The van der Waals surface area contributed by atoms with Gasteiger partial charge in [0.2, 0.25) is 5.91 Å². The molecule has 0 radical (unpaired) electrons. The van der Waals surface area contributed by atoms with Crippen molar-refractivity contribution in [1.82, 2.24) is 9.88 Å². The van der Waals surface area contributed by atoms with E-state index in [1.165, 1.54) is 42.3 Å². The quantitative estimate of drug-likeness (QED) is 0.512. The number of fused-ring (bicyclic) bond motifs is 1. The normalized spacial score (nSPS) is 14.9. The van der Waals surface area contributed by atoms with Gasteiger partial charge in [-0.15, -0.1) is 0 Å². The topological polar surface area (TPSA) is 57.4 Å². The second-order valence-corrected chi connectivity index (χ2v) is 7.90. The zero-order chi connectivity index (χ0) is 20.5. The predicted molar refractivity (Wildman–Crippen MR) is 121 cm³/mol. The monoisotopic (exact) mass is 397 g/mol.